The second-order valence-electron chi connectivity index (χ2n) is 4.30. The Balaban J connectivity index is 1.67. The zero-order chi connectivity index (χ0) is 14.7. The summed E-state index contributed by atoms with van der Waals surface area (Å²) in [6, 6.07) is 14.3. The average molecular weight is 412 g/mol. The van der Waals surface area contributed by atoms with Crippen LogP contribution in [-0.4, -0.2) is 10.2 Å². The number of nitrogens with zero attached hydrogens (tertiary/aromatic N) is 2. The summed E-state index contributed by atoms with van der Waals surface area (Å²) in [6.45, 7) is 0. The van der Waals surface area contributed by atoms with E-state index in [4.69, 9.17) is 4.42 Å². The predicted molar refractivity (Wildman–Crippen MR) is 88.4 cm³/mol. The highest BCUT2D eigenvalue weighted by Crippen LogP contribution is 2.26. The molecule has 0 atom stereocenters. The highest BCUT2D eigenvalue weighted by atomic mass is 127. The maximum atomic E-state index is 12.8. The molecule has 0 aliphatic carbocycles. The third-order valence-electron chi connectivity index (χ3n) is 2.77. The number of benzene rings is 2. The minimum Gasteiger partial charge on any atom is -0.411 e. The third kappa shape index (κ3) is 3.82. The molecule has 0 aliphatic heterocycles. The Morgan fingerprint density at radius 3 is 2.43 bits per heavy atom. The first-order valence-corrected chi connectivity index (χ1v) is 8.24. The Labute approximate surface area is 139 Å². The Hall–Kier alpha value is -1.41. The van der Waals surface area contributed by atoms with Crippen LogP contribution < -0.4 is 0 Å². The molecule has 0 saturated heterocycles. The van der Waals surface area contributed by atoms with Gasteiger partial charge >= 0.3 is 0 Å². The van der Waals surface area contributed by atoms with Crippen molar-refractivity contribution in [3.63, 3.8) is 0 Å². The van der Waals surface area contributed by atoms with E-state index < -0.39 is 0 Å². The van der Waals surface area contributed by atoms with Crippen LogP contribution in [0.5, 0.6) is 0 Å². The van der Waals surface area contributed by atoms with Crippen LogP contribution >= 0.6 is 34.4 Å². The zero-order valence-corrected chi connectivity index (χ0v) is 13.8. The minimum absolute atomic E-state index is 0.234. The molecule has 0 aliphatic rings. The van der Waals surface area contributed by atoms with E-state index >= 15 is 0 Å². The van der Waals surface area contributed by atoms with Crippen molar-refractivity contribution < 1.29 is 8.81 Å². The van der Waals surface area contributed by atoms with Crippen molar-refractivity contribution >= 4 is 34.4 Å². The van der Waals surface area contributed by atoms with Gasteiger partial charge in [-0.05, 0) is 64.6 Å². The second-order valence-corrected chi connectivity index (χ2v) is 6.47. The SMILES string of the molecule is Fc1ccc(CSc2nnc(-c3ccc(I)cc3)o2)cc1. The maximum Gasteiger partial charge on any atom is 0.277 e. The van der Waals surface area contributed by atoms with Crippen LogP contribution in [0.3, 0.4) is 0 Å². The van der Waals surface area contributed by atoms with Crippen LogP contribution in [0.2, 0.25) is 0 Å². The third-order valence-corrected chi connectivity index (χ3v) is 4.38. The van der Waals surface area contributed by atoms with Crippen molar-refractivity contribution in [1.29, 1.82) is 0 Å². The summed E-state index contributed by atoms with van der Waals surface area (Å²) in [7, 11) is 0. The molecule has 6 heteroatoms. The highest BCUT2D eigenvalue weighted by Gasteiger charge is 2.09. The number of rotatable bonds is 4. The molecule has 0 unspecified atom stereocenters. The zero-order valence-electron chi connectivity index (χ0n) is 10.8. The minimum atomic E-state index is -0.234. The van der Waals surface area contributed by atoms with Gasteiger partial charge in [0, 0.05) is 14.9 Å². The van der Waals surface area contributed by atoms with Crippen molar-refractivity contribution in [2.24, 2.45) is 0 Å². The van der Waals surface area contributed by atoms with E-state index in [2.05, 4.69) is 32.8 Å². The number of halogens is 2. The maximum absolute atomic E-state index is 12.8. The van der Waals surface area contributed by atoms with Crippen LogP contribution in [0.1, 0.15) is 5.56 Å². The molecule has 106 valence electrons. The van der Waals surface area contributed by atoms with Gasteiger partial charge in [-0.15, -0.1) is 10.2 Å². The van der Waals surface area contributed by atoms with E-state index in [-0.39, 0.29) is 5.82 Å². The van der Waals surface area contributed by atoms with Crippen molar-refractivity contribution in [1.82, 2.24) is 10.2 Å². The molecular weight excluding hydrogens is 402 g/mol. The van der Waals surface area contributed by atoms with Gasteiger partial charge in [-0.2, -0.15) is 0 Å². The van der Waals surface area contributed by atoms with Gasteiger partial charge in [0.15, 0.2) is 0 Å². The van der Waals surface area contributed by atoms with Gasteiger partial charge in [0.1, 0.15) is 5.82 Å². The van der Waals surface area contributed by atoms with E-state index in [1.165, 1.54) is 23.9 Å². The summed E-state index contributed by atoms with van der Waals surface area (Å²) in [5.74, 6) is 0.935. The van der Waals surface area contributed by atoms with Crippen LogP contribution in [0, 0.1) is 9.39 Å². The van der Waals surface area contributed by atoms with Gasteiger partial charge in [-0.1, -0.05) is 23.9 Å². The molecule has 0 N–H and O–H groups in total. The second kappa shape index (κ2) is 6.57. The van der Waals surface area contributed by atoms with Crippen LogP contribution in [0.4, 0.5) is 4.39 Å². The molecule has 3 rings (SSSR count). The summed E-state index contributed by atoms with van der Waals surface area (Å²) in [5.41, 5.74) is 1.91. The molecule has 21 heavy (non-hydrogen) atoms. The van der Waals surface area contributed by atoms with E-state index in [1.54, 1.807) is 12.1 Å². The molecule has 0 bridgehead atoms. The van der Waals surface area contributed by atoms with E-state index in [0.29, 0.717) is 16.9 Å². The Morgan fingerprint density at radius 1 is 1.00 bits per heavy atom. The molecular formula is C15H10FIN2OS. The van der Waals surface area contributed by atoms with Crippen molar-refractivity contribution in [3.05, 3.63) is 63.5 Å². The van der Waals surface area contributed by atoms with Gasteiger partial charge in [0.05, 0.1) is 0 Å². The van der Waals surface area contributed by atoms with E-state index in [9.17, 15) is 4.39 Å². The summed E-state index contributed by atoms with van der Waals surface area (Å²) >= 11 is 3.68. The molecule has 0 saturated carbocycles. The molecule has 2 aromatic carbocycles. The quantitative estimate of drug-likeness (QED) is 0.457. The lowest BCUT2D eigenvalue weighted by Crippen LogP contribution is -1.81. The molecule has 0 radical (unpaired) electrons. The monoisotopic (exact) mass is 412 g/mol. The number of thioether (sulfide) groups is 1. The molecule has 0 amide bonds. The fourth-order valence-corrected chi connectivity index (χ4v) is 2.78. The fraction of sp³-hybridized carbons (Fsp3) is 0.0667. The van der Waals surface area contributed by atoms with Crippen LogP contribution in [0.25, 0.3) is 11.5 Å². The molecule has 0 spiro atoms. The number of hydrogen-bond donors (Lipinski definition) is 0. The summed E-state index contributed by atoms with van der Waals surface area (Å²) < 4.78 is 19.6. The van der Waals surface area contributed by atoms with Gasteiger partial charge in [0.2, 0.25) is 5.89 Å². The summed E-state index contributed by atoms with van der Waals surface area (Å²) in [4.78, 5) is 0. The highest BCUT2D eigenvalue weighted by molar-refractivity contribution is 14.1. The predicted octanol–water partition coefficient (Wildman–Crippen LogP) is 4.77. The normalized spacial score (nSPS) is 10.8. The molecule has 0 fully saturated rings. The first kappa shape index (κ1) is 14.5. The summed E-state index contributed by atoms with van der Waals surface area (Å²) in [6.07, 6.45) is 0. The lowest BCUT2D eigenvalue weighted by Gasteiger charge is -1.97. The smallest absolute Gasteiger partial charge is 0.277 e. The van der Waals surface area contributed by atoms with Gasteiger partial charge < -0.3 is 4.42 Å². The lowest BCUT2D eigenvalue weighted by atomic mass is 10.2. The van der Waals surface area contributed by atoms with Crippen LogP contribution in [0.15, 0.2) is 58.2 Å². The van der Waals surface area contributed by atoms with E-state index in [0.717, 1.165) is 14.7 Å². The van der Waals surface area contributed by atoms with Crippen molar-refractivity contribution in [3.8, 4) is 11.5 Å². The number of aromatic nitrogens is 2. The van der Waals surface area contributed by atoms with Crippen LogP contribution in [-0.2, 0) is 5.75 Å². The fourth-order valence-electron chi connectivity index (χ4n) is 1.70. The summed E-state index contributed by atoms with van der Waals surface area (Å²) in [5, 5.41) is 8.57. The largest absolute Gasteiger partial charge is 0.411 e. The average Bonchev–Trinajstić information content (AvgIpc) is 2.96. The van der Waals surface area contributed by atoms with Crippen molar-refractivity contribution in [2.75, 3.05) is 0 Å². The lowest BCUT2D eigenvalue weighted by molar-refractivity contribution is 0.466. The Morgan fingerprint density at radius 2 is 1.71 bits per heavy atom. The molecule has 3 aromatic rings. The Kier molecular flexibility index (Phi) is 4.54. The molecule has 1 heterocycles. The standard InChI is InChI=1S/C15H10FIN2OS/c16-12-5-1-10(2-6-12)9-21-15-19-18-14(20-15)11-3-7-13(17)8-4-11/h1-8H,9H2. The molecule has 3 nitrogen and oxygen atoms in total. The first-order chi connectivity index (χ1) is 10.2. The van der Waals surface area contributed by atoms with Crippen molar-refractivity contribution in [2.45, 2.75) is 11.0 Å². The van der Waals surface area contributed by atoms with Gasteiger partial charge in [-0.3, -0.25) is 0 Å². The topological polar surface area (TPSA) is 38.9 Å². The Bertz CT molecular complexity index is 728. The van der Waals surface area contributed by atoms with Gasteiger partial charge in [0.25, 0.3) is 5.22 Å². The van der Waals surface area contributed by atoms with E-state index in [1.807, 2.05) is 24.3 Å². The number of hydrogen-bond acceptors (Lipinski definition) is 4. The van der Waals surface area contributed by atoms with Gasteiger partial charge in [-0.25, -0.2) is 4.39 Å². The molecule has 1 aromatic heterocycles. The first-order valence-electron chi connectivity index (χ1n) is 6.17.